The molecule has 1 saturated carbocycles. The van der Waals surface area contributed by atoms with Gasteiger partial charge in [-0.2, -0.15) is 0 Å². The van der Waals surface area contributed by atoms with E-state index in [4.69, 9.17) is 4.74 Å². The molecule has 2 fully saturated rings. The van der Waals surface area contributed by atoms with Crippen molar-refractivity contribution in [2.24, 2.45) is 5.41 Å². The molecule has 1 heterocycles. The molecule has 1 aliphatic carbocycles. The maximum Gasteiger partial charge on any atom is 0.327 e. The van der Waals surface area contributed by atoms with Crippen molar-refractivity contribution in [1.29, 1.82) is 0 Å². The van der Waals surface area contributed by atoms with Crippen LogP contribution in [-0.4, -0.2) is 58.4 Å². The van der Waals surface area contributed by atoms with E-state index in [9.17, 15) is 14.7 Å². The molecule has 1 aliphatic heterocycles. The zero-order chi connectivity index (χ0) is 15.8. The zero-order valence-corrected chi connectivity index (χ0v) is 13.8. The summed E-state index contributed by atoms with van der Waals surface area (Å²) in [6, 6.07) is -0.985. The van der Waals surface area contributed by atoms with Crippen molar-refractivity contribution in [1.82, 2.24) is 10.2 Å². The average molecular weight is 316 g/mol. The van der Waals surface area contributed by atoms with Crippen molar-refractivity contribution in [3.05, 3.63) is 0 Å². The van der Waals surface area contributed by atoms with Crippen LogP contribution in [0.1, 0.15) is 33.6 Å². The number of rotatable bonds is 4. The van der Waals surface area contributed by atoms with Gasteiger partial charge in [-0.3, -0.25) is 4.90 Å². The number of ether oxygens (including phenoxy) is 1. The molecule has 4 atom stereocenters. The van der Waals surface area contributed by atoms with Crippen LogP contribution in [0.25, 0.3) is 0 Å². The first kappa shape index (κ1) is 16.4. The van der Waals surface area contributed by atoms with Crippen molar-refractivity contribution in [3.63, 3.8) is 0 Å². The summed E-state index contributed by atoms with van der Waals surface area (Å²) in [5.41, 5.74) is -0.127. The molecular weight excluding hydrogens is 292 g/mol. The Morgan fingerprint density at radius 3 is 2.62 bits per heavy atom. The lowest BCUT2D eigenvalue weighted by Gasteiger charge is -2.51. The van der Waals surface area contributed by atoms with Gasteiger partial charge >= 0.3 is 12.0 Å². The summed E-state index contributed by atoms with van der Waals surface area (Å²) in [4.78, 5) is 25.3. The smallest absolute Gasteiger partial charge is 0.327 e. The number of urea groups is 1. The van der Waals surface area contributed by atoms with Gasteiger partial charge in [0.05, 0.1) is 11.5 Å². The van der Waals surface area contributed by atoms with E-state index in [1.165, 1.54) is 16.7 Å². The van der Waals surface area contributed by atoms with E-state index in [-0.39, 0.29) is 29.0 Å². The van der Waals surface area contributed by atoms with Gasteiger partial charge in [0.15, 0.2) is 0 Å². The van der Waals surface area contributed by atoms with Crippen LogP contribution in [0.5, 0.6) is 0 Å². The van der Waals surface area contributed by atoms with Gasteiger partial charge < -0.3 is 15.2 Å². The molecule has 0 aromatic heterocycles. The minimum atomic E-state index is -0.934. The topological polar surface area (TPSA) is 78.9 Å². The van der Waals surface area contributed by atoms with Gasteiger partial charge in [-0.1, -0.05) is 20.8 Å². The summed E-state index contributed by atoms with van der Waals surface area (Å²) < 4.78 is 5.38. The lowest BCUT2D eigenvalue weighted by atomic mass is 9.64. The lowest BCUT2D eigenvalue weighted by Crippen LogP contribution is -2.64. The Labute approximate surface area is 129 Å². The van der Waals surface area contributed by atoms with E-state index in [1.54, 1.807) is 7.11 Å². The standard InChI is InChI=1S/C14H24N2O4S/c1-5-11-16(8(7-21-11)12(17)18)13(19)15-9-6-10(20-4)14(9,2)3/h8-11H,5-7H2,1-4H3,(H,15,19)(H,17,18). The maximum atomic E-state index is 12.5. The quantitative estimate of drug-likeness (QED) is 0.826. The van der Waals surface area contributed by atoms with E-state index in [0.717, 1.165) is 12.8 Å². The molecular formula is C14H24N2O4S. The minimum absolute atomic E-state index is 0.0208. The van der Waals surface area contributed by atoms with Crippen LogP contribution < -0.4 is 5.32 Å². The molecule has 2 aliphatic rings. The molecule has 0 radical (unpaired) electrons. The number of hydrogen-bond acceptors (Lipinski definition) is 4. The third kappa shape index (κ3) is 2.85. The molecule has 1 saturated heterocycles. The molecule has 0 aromatic rings. The summed E-state index contributed by atoms with van der Waals surface area (Å²) in [5.74, 6) is -0.480. The number of hydrogen-bond donors (Lipinski definition) is 2. The van der Waals surface area contributed by atoms with Crippen LogP contribution >= 0.6 is 11.8 Å². The highest BCUT2D eigenvalue weighted by Crippen LogP contribution is 2.42. The number of nitrogens with zero attached hydrogens (tertiary/aromatic N) is 1. The second-order valence-corrected chi connectivity index (χ2v) is 7.45. The SMILES string of the molecule is CCC1SCC(C(=O)O)N1C(=O)NC1CC(OC)C1(C)C. The first-order chi connectivity index (χ1) is 9.82. The number of carboxylic acids is 1. The Morgan fingerprint density at radius 2 is 2.14 bits per heavy atom. The molecule has 0 spiro atoms. The van der Waals surface area contributed by atoms with Crippen LogP contribution in [0, 0.1) is 5.41 Å². The Hall–Kier alpha value is -0.950. The molecule has 6 nitrogen and oxygen atoms in total. The van der Waals surface area contributed by atoms with Crippen molar-refractivity contribution in [2.45, 2.75) is 57.2 Å². The fraction of sp³-hybridized carbons (Fsp3) is 0.857. The van der Waals surface area contributed by atoms with E-state index in [2.05, 4.69) is 19.2 Å². The number of methoxy groups -OCH3 is 1. The highest BCUT2D eigenvalue weighted by molar-refractivity contribution is 8.00. The average Bonchev–Trinajstić information content (AvgIpc) is 2.86. The van der Waals surface area contributed by atoms with Crippen molar-refractivity contribution in [3.8, 4) is 0 Å². The third-order valence-corrected chi connectivity index (χ3v) is 6.17. The van der Waals surface area contributed by atoms with Gasteiger partial charge in [-0.15, -0.1) is 11.8 Å². The second-order valence-electron chi connectivity index (χ2n) is 6.24. The van der Waals surface area contributed by atoms with Crippen LogP contribution in [0.15, 0.2) is 0 Å². The van der Waals surface area contributed by atoms with E-state index in [0.29, 0.717) is 5.75 Å². The number of amides is 2. The molecule has 2 amide bonds. The lowest BCUT2D eigenvalue weighted by molar-refractivity contribution is -0.141. The highest BCUT2D eigenvalue weighted by atomic mass is 32.2. The number of carbonyl (C=O) groups excluding carboxylic acids is 1. The van der Waals surface area contributed by atoms with Crippen molar-refractivity contribution in [2.75, 3.05) is 12.9 Å². The third-order valence-electron chi connectivity index (χ3n) is 4.72. The summed E-state index contributed by atoms with van der Waals surface area (Å²) in [7, 11) is 1.68. The maximum absolute atomic E-state index is 12.5. The van der Waals surface area contributed by atoms with Gasteiger partial charge in [0.25, 0.3) is 0 Å². The first-order valence-electron chi connectivity index (χ1n) is 7.28. The summed E-state index contributed by atoms with van der Waals surface area (Å²) >= 11 is 1.53. The monoisotopic (exact) mass is 316 g/mol. The Balaban J connectivity index is 2.03. The van der Waals surface area contributed by atoms with Crippen LogP contribution in [0.3, 0.4) is 0 Å². The van der Waals surface area contributed by atoms with Gasteiger partial charge in [-0.05, 0) is 12.8 Å². The molecule has 2 N–H and O–H groups in total. The fourth-order valence-electron chi connectivity index (χ4n) is 3.09. The molecule has 4 unspecified atom stereocenters. The van der Waals surface area contributed by atoms with Gasteiger partial charge in [-0.25, -0.2) is 9.59 Å². The summed E-state index contributed by atoms with van der Waals surface area (Å²) in [5, 5.41) is 12.2. The van der Waals surface area contributed by atoms with Crippen LogP contribution in [-0.2, 0) is 9.53 Å². The zero-order valence-electron chi connectivity index (χ0n) is 13.0. The minimum Gasteiger partial charge on any atom is -0.480 e. The predicted octanol–water partition coefficient (Wildman–Crippen LogP) is 1.75. The van der Waals surface area contributed by atoms with E-state index in [1.807, 2.05) is 6.92 Å². The molecule has 7 heteroatoms. The summed E-state index contributed by atoms with van der Waals surface area (Å²) in [6.45, 7) is 6.08. The first-order valence-corrected chi connectivity index (χ1v) is 8.33. The molecule has 120 valence electrons. The number of carbonyl (C=O) groups is 2. The number of aliphatic carboxylic acids is 1. The van der Waals surface area contributed by atoms with Crippen molar-refractivity contribution >= 4 is 23.8 Å². The van der Waals surface area contributed by atoms with Gasteiger partial charge in [0.1, 0.15) is 6.04 Å². The Kier molecular flexibility index (Phi) is 4.72. The van der Waals surface area contributed by atoms with E-state index < -0.39 is 12.0 Å². The number of thioether (sulfide) groups is 1. The number of carboxylic acid groups (broad SMARTS) is 1. The van der Waals surface area contributed by atoms with Gasteiger partial charge in [0.2, 0.25) is 0 Å². The largest absolute Gasteiger partial charge is 0.480 e. The fourth-order valence-corrected chi connectivity index (χ4v) is 4.44. The van der Waals surface area contributed by atoms with Crippen LogP contribution in [0.2, 0.25) is 0 Å². The normalized spacial score (nSPS) is 34.4. The predicted molar refractivity (Wildman–Crippen MR) is 81.3 cm³/mol. The summed E-state index contributed by atoms with van der Waals surface area (Å²) in [6.07, 6.45) is 1.65. The van der Waals surface area contributed by atoms with Crippen LogP contribution in [0.4, 0.5) is 4.79 Å². The Bertz CT molecular complexity index is 429. The van der Waals surface area contributed by atoms with Gasteiger partial charge in [0, 0.05) is 24.3 Å². The Morgan fingerprint density at radius 1 is 1.48 bits per heavy atom. The molecule has 21 heavy (non-hydrogen) atoms. The highest BCUT2D eigenvalue weighted by Gasteiger charge is 2.51. The molecule has 2 rings (SSSR count). The second kappa shape index (κ2) is 6.04. The van der Waals surface area contributed by atoms with E-state index >= 15 is 0 Å². The molecule has 0 bridgehead atoms. The molecule has 0 aromatic carbocycles. The van der Waals surface area contributed by atoms with Crippen molar-refractivity contribution < 1.29 is 19.4 Å². The number of nitrogens with one attached hydrogen (secondary N) is 1.